The van der Waals surface area contributed by atoms with E-state index < -0.39 is 5.82 Å². The van der Waals surface area contributed by atoms with Crippen LogP contribution in [0.5, 0.6) is 0 Å². The number of oxime groups is 1. The second kappa shape index (κ2) is 5.51. The third kappa shape index (κ3) is 2.53. The molecule has 25 heavy (non-hydrogen) atoms. The molecule has 1 unspecified atom stereocenters. The summed E-state index contributed by atoms with van der Waals surface area (Å²) >= 11 is 5.79. The van der Waals surface area contributed by atoms with Crippen molar-refractivity contribution in [2.75, 3.05) is 25.0 Å². The van der Waals surface area contributed by atoms with E-state index in [2.05, 4.69) is 25.3 Å². The molecule has 6 rings (SSSR count). The number of amidine groups is 1. The van der Waals surface area contributed by atoms with Gasteiger partial charge in [0.25, 0.3) is 0 Å². The Morgan fingerprint density at radius 1 is 1.32 bits per heavy atom. The lowest BCUT2D eigenvalue weighted by atomic mass is 9.73. The fourth-order valence-electron chi connectivity index (χ4n) is 4.20. The van der Waals surface area contributed by atoms with E-state index in [9.17, 15) is 4.39 Å². The van der Waals surface area contributed by atoms with E-state index in [0.29, 0.717) is 22.8 Å². The first-order valence-corrected chi connectivity index (χ1v) is 8.85. The van der Waals surface area contributed by atoms with Crippen LogP contribution >= 0.6 is 11.6 Å². The first kappa shape index (κ1) is 15.3. The number of anilines is 1. The minimum atomic E-state index is -0.494. The molecule has 1 N–H and O–H groups in total. The van der Waals surface area contributed by atoms with Crippen molar-refractivity contribution in [2.45, 2.75) is 24.9 Å². The van der Waals surface area contributed by atoms with Gasteiger partial charge in [-0.25, -0.2) is 14.4 Å². The van der Waals surface area contributed by atoms with Crippen LogP contribution in [0.3, 0.4) is 0 Å². The molecule has 1 spiro atoms. The zero-order chi connectivity index (χ0) is 17.0. The second-order valence-electron chi connectivity index (χ2n) is 7.06. The first-order chi connectivity index (χ1) is 12.1. The van der Waals surface area contributed by atoms with Crippen LogP contribution in [0.15, 0.2) is 23.5 Å². The van der Waals surface area contributed by atoms with Gasteiger partial charge in [-0.2, -0.15) is 0 Å². The van der Waals surface area contributed by atoms with Crippen LogP contribution in [0.25, 0.3) is 10.9 Å². The van der Waals surface area contributed by atoms with E-state index in [1.165, 1.54) is 12.1 Å². The van der Waals surface area contributed by atoms with Crippen molar-refractivity contribution in [3.63, 3.8) is 0 Å². The number of hydrogen-bond donors (Lipinski definition) is 1. The summed E-state index contributed by atoms with van der Waals surface area (Å²) in [5.41, 5.74) is 0.284. The molecule has 3 saturated heterocycles. The van der Waals surface area contributed by atoms with Gasteiger partial charge in [0.05, 0.1) is 17.0 Å². The molecular weight excluding hydrogens is 345 g/mol. The number of rotatable bonds is 1. The van der Waals surface area contributed by atoms with Crippen molar-refractivity contribution in [3.05, 3.63) is 29.2 Å². The fourth-order valence-corrected chi connectivity index (χ4v) is 4.38. The summed E-state index contributed by atoms with van der Waals surface area (Å²) in [5.74, 6) is 1.17. The summed E-state index contributed by atoms with van der Waals surface area (Å²) in [5, 5.41) is 8.12. The maximum Gasteiger partial charge on any atom is 0.228 e. The number of hydrogen-bond acceptors (Lipinski definition) is 6. The van der Waals surface area contributed by atoms with Crippen LogP contribution in [-0.2, 0) is 4.84 Å². The van der Waals surface area contributed by atoms with E-state index in [0.717, 1.165) is 44.7 Å². The maximum atomic E-state index is 13.6. The number of halogens is 2. The van der Waals surface area contributed by atoms with Gasteiger partial charge >= 0.3 is 0 Å². The molecular formula is C17H17ClFN5O. The van der Waals surface area contributed by atoms with Gasteiger partial charge in [0.2, 0.25) is 5.95 Å². The molecule has 2 bridgehead atoms. The van der Waals surface area contributed by atoms with Gasteiger partial charge in [0.15, 0.2) is 11.4 Å². The molecule has 4 aliphatic rings. The topological polar surface area (TPSA) is 62.6 Å². The molecule has 130 valence electrons. The maximum absolute atomic E-state index is 13.6. The molecule has 0 aliphatic carbocycles. The summed E-state index contributed by atoms with van der Waals surface area (Å²) in [6.07, 6.45) is 4.67. The van der Waals surface area contributed by atoms with Gasteiger partial charge in [0, 0.05) is 30.1 Å². The number of fused-ring (bicyclic) bond motifs is 3. The van der Waals surface area contributed by atoms with E-state index in [-0.39, 0.29) is 10.6 Å². The predicted molar refractivity (Wildman–Crippen MR) is 93.2 cm³/mol. The van der Waals surface area contributed by atoms with E-state index in [1.807, 2.05) is 0 Å². The molecule has 0 amide bonds. The van der Waals surface area contributed by atoms with E-state index in [4.69, 9.17) is 16.4 Å². The molecule has 6 nitrogen and oxygen atoms in total. The Kier molecular flexibility index (Phi) is 3.36. The highest BCUT2D eigenvalue weighted by atomic mass is 35.5. The molecule has 5 heterocycles. The highest BCUT2D eigenvalue weighted by Gasteiger charge is 2.52. The SMILES string of the molecule is Fc1cc2nc(NC3=NOC4(C3)CN3CCC4CC3)ncc2cc1Cl. The van der Waals surface area contributed by atoms with Gasteiger partial charge in [-0.15, -0.1) is 0 Å². The molecule has 0 radical (unpaired) electrons. The van der Waals surface area contributed by atoms with Crippen LogP contribution in [-0.4, -0.2) is 45.9 Å². The molecule has 3 fully saturated rings. The minimum Gasteiger partial charge on any atom is -0.386 e. The summed E-state index contributed by atoms with van der Waals surface area (Å²) in [7, 11) is 0. The number of nitrogens with zero attached hydrogens (tertiary/aromatic N) is 4. The van der Waals surface area contributed by atoms with Crippen molar-refractivity contribution in [2.24, 2.45) is 11.1 Å². The highest BCUT2D eigenvalue weighted by Crippen LogP contribution is 2.43. The Bertz CT molecular complexity index is 883. The predicted octanol–water partition coefficient (Wildman–Crippen LogP) is 3.03. The molecule has 1 atom stereocenters. The Hall–Kier alpha value is -1.99. The quantitative estimate of drug-likeness (QED) is 0.846. The zero-order valence-corrected chi connectivity index (χ0v) is 14.3. The summed E-state index contributed by atoms with van der Waals surface area (Å²) < 4.78 is 13.6. The summed E-state index contributed by atoms with van der Waals surface area (Å²) in [6, 6.07) is 2.83. The monoisotopic (exact) mass is 361 g/mol. The van der Waals surface area contributed by atoms with Crippen molar-refractivity contribution in [3.8, 4) is 0 Å². The van der Waals surface area contributed by atoms with Crippen LogP contribution in [0, 0.1) is 11.7 Å². The summed E-state index contributed by atoms with van der Waals surface area (Å²) in [4.78, 5) is 16.9. The van der Waals surface area contributed by atoms with Gasteiger partial charge in [-0.05, 0) is 32.0 Å². The molecule has 4 aliphatic heterocycles. The Balaban J connectivity index is 1.36. The first-order valence-electron chi connectivity index (χ1n) is 8.48. The average Bonchev–Trinajstić information content (AvgIpc) is 2.99. The lowest BCUT2D eigenvalue weighted by molar-refractivity contribution is -0.136. The largest absolute Gasteiger partial charge is 0.386 e. The van der Waals surface area contributed by atoms with Crippen molar-refractivity contribution in [1.82, 2.24) is 14.9 Å². The van der Waals surface area contributed by atoms with Crippen molar-refractivity contribution >= 4 is 34.3 Å². The van der Waals surface area contributed by atoms with Gasteiger partial charge in [-0.1, -0.05) is 16.8 Å². The zero-order valence-electron chi connectivity index (χ0n) is 13.5. The van der Waals surface area contributed by atoms with Gasteiger partial charge in [-0.3, -0.25) is 4.90 Å². The van der Waals surface area contributed by atoms with E-state index >= 15 is 0 Å². The van der Waals surface area contributed by atoms with Gasteiger partial charge in [0.1, 0.15) is 5.82 Å². The number of piperidine rings is 3. The molecule has 8 heteroatoms. The molecule has 0 saturated carbocycles. The summed E-state index contributed by atoms with van der Waals surface area (Å²) in [6.45, 7) is 3.23. The standard InChI is InChI=1S/C17H17ClFN5O/c18-12-5-10-8-20-16(21-14(10)6-13(12)19)22-15-7-17(25-23-15)9-24-3-1-11(17)2-4-24/h5-6,8,11H,1-4,7,9H2,(H,20,21,22,23). The highest BCUT2D eigenvalue weighted by molar-refractivity contribution is 6.31. The van der Waals surface area contributed by atoms with Crippen LogP contribution in [0.2, 0.25) is 5.02 Å². The van der Waals surface area contributed by atoms with Crippen LogP contribution in [0.1, 0.15) is 19.3 Å². The normalized spacial score (nSPS) is 30.6. The second-order valence-corrected chi connectivity index (χ2v) is 7.47. The third-order valence-electron chi connectivity index (χ3n) is 5.51. The van der Waals surface area contributed by atoms with Gasteiger partial charge < -0.3 is 10.2 Å². The average molecular weight is 362 g/mol. The van der Waals surface area contributed by atoms with Crippen LogP contribution in [0.4, 0.5) is 10.3 Å². The number of benzene rings is 1. The Morgan fingerprint density at radius 2 is 2.16 bits per heavy atom. The molecule has 1 aromatic carbocycles. The van der Waals surface area contributed by atoms with Crippen molar-refractivity contribution < 1.29 is 9.23 Å². The smallest absolute Gasteiger partial charge is 0.228 e. The number of nitrogens with one attached hydrogen (secondary N) is 1. The third-order valence-corrected chi connectivity index (χ3v) is 5.79. The fraction of sp³-hybridized carbons (Fsp3) is 0.471. The van der Waals surface area contributed by atoms with Crippen molar-refractivity contribution in [1.29, 1.82) is 0 Å². The Labute approximate surface area is 149 Å². The molecule has 2 aromatic rings. The van der Waals surface area contributed by atoms with E-state index in [1.54, 1.807) is 6.20 Å². The molecule has 1 aromatic heterocycles. The Morgan fingerprint density at radius 3 is 2.92 bits per heavy atom. The van der Waals surface area contributed by atoms with Crippen LogP contribution < -0.4 is 5.32 Å². The number of aromatic nitrogens is 2. The minimum absolute atomic E-state index is 0.0645. The lowest BCUT2D eigenvalue weighted by Crippen LogP contribution is -2.59. The lowest BCUT2D eigenvalue weighted by Gasteiger charge is -2.49.